The lowest BCUT2D eigenvalue weighted by molar-refractivity contribution is 0.234. The molecule has 0 saturated heterocycles. The van der Waals surface area contributed by atoms with Crippen LogP contribution in [0, 0.1) is 22.7 Å². The van der Waals surface area contributed by atoms with Crippen LogP contribution in [0.25, 0.3) is 0 Å². The molecule has 150 valence electrons. The Bertz CT molecular complexity index is 758. The van der Waals surface area contributed by atoms with E-state index in [0.29, 0.717) is 13.2 Å². The van der Waals surface area contributed by atoms with E-state index in [9.17, 15) is 0 Å². The summed E-state index contributed by atoms with van der Waals surface area (Å²) in [6.07, 6.45) is 13.0. The summed E-state index contributed by atoms with van der Waals surface area (Å²) in [6.45, 7) is 14.6. The van der Waals surface area contributed by atoms with Crippen molar-refractivity contribution in [2.75, 3.05) is 13.2 Å². The largest absolute Gasteiger partial charge is 0.475 e. The van der Waals surface area contributed by atoms with Gasteiger partial charge in [0.05, 0.1) is 12.1 Å². The van der Waals surface area contributed by atoms with Gasteiger partial charge in [-0.15, -0.1) is 0 Å². The van der Waals surface area contributed by atoms with Gasteiger partial charge in [0.1, 0.15) is 13.2 Å². The number of nitrogens with zero attached hydrogens (tertiary/aromatic N) is 2. The second-order valence-electron chi connectivity index (χ2n) is 10.3. The van der Waals surface area contributed by atoms with Crippen LogP contribution in [-0.4, -0.2) is 37.1 Å². The lowest BCUT2D eigenvalue weighted by Gasteiger charge is -2.22. The van der Waals surface area contributed by atoms with Crippen LogP contribution in [0.1, 0.15) is 41.5 Å². The quantitative estimate of drug-likeness (QED) is 0.699. The Morgan fingerprint density at radius 2 is 1.11 bits per heavy atom. The van der Waals surface area contributed by atoms with Crippen molar-refractivity contribution in [3.05, 3.63) is 47.6 Å². The average molecular weight is 381 g/mol. The molecule has 0 radical (unpaired) electrons. The zero-order valence-corrected chi connectivity index (χ0v) is 17.9. The van der Waals surface area contributed by atoms with E-state index in [-0.39, 0.29) is 34.7 Å². The Morgan fingerprint density at radius 1 is 0.714 bits per heavy atom. The van der Waals surface area contributed by atoms with Gasteiger partial charge in [-0.1, -0.05) is 78.0 Å². The maximum Gasteiger partial charge on any atom is 0.213 e. The van der Waals surface area contributed by atoms with Gasteiger partial charge in [-0.3, -0.25) is 0 Å². The van der Waals surface area contributed by atoms with Crippen LogP contribution in [-0.2, 0) is 9.47 Å². The van der Waals surface area contributed by atoms with Crippen molar-refractivity contribution in [3.63, 3.8) is 0 Å². The minimum atomic E-state index is 0.108. The molecule has 4 atom stereocenters. The van der Waals surface area contributed by atoms with Crippen molar-refractivity contribution in [1.82, 2.24) is 0 Å². The van der Waals surface area contributed by atoms with E-state index in [1.165, 1.54) is 11.1 Å². The Hall–Kier alpha value is -2.10. The topological polar surface area (TPSA) is 43.2 Å². The van der Waals surface area contributed by atoms with Gasteiger partial charge in [0.25, 0.3) is 0 Å². The molecule has 0 N–H and O–H groups in total. The fourth-order valence-corrected chi connectivity index (χ4v) is 3.99. The molecule has 0 fully saturated rings. The zero-order chi connectivity index (χ0) is 20.1. The summed E-state index contributed by atoms with van der Waals surface area (Å²) in [6, 6.07) is 0.405. The highest BCUT2D eigenvalue weighted by Crippen LogP contribution is 2.40. The number of hydrogen-bond acceptors (Lipinski definition) is 4. The number of allylic oxidation sites excluding steroid dienone is 6. The van der Waals surface area contributed by atoms with E-state index >= 15 is 0 Å². The summed E-state index contributed by atoms with van der Waals surface area (Å²) in [5.74, 6) is 2.03. The lowest BCUT2D eigenvalue weighted by atomic mass is 9.83. The molecule has 0 bridgehead atoms. The van der Waals surface area contributed by atoms with Crippen LogP contribution in [0.3, 0.4) is 0 Å². The van der Waals surface area contributed by atoms with Crippen molar-refractivity contribution in [2.24, 2.45) is 32.7 Å². The van der Waals surface area contributed by atoms with Gasteiger partial charge in [-0.25, -0.2) is 9.98 Å². The molecular formula is C24H32N2O2. The predicted octanol–water partition coefficient (Wildman–Crippen LogP) is 4.90. The van der Waals surface area contributed by atoms with Gasteiger partial charge in [-0.2, -0.15) is 0 Å². The van der Waals surface area contributed by atoms with E-state index in [2.05, 4.69) is 78.0 Å². The Kier molecular flexibility index (Phi) is 4.64. The van der Waals surface area contributed by atoms with Crippen LogP contribution in [0.5, 0.6) is 0 Å². The zero-order valence-electron chi connectivity index (χ0n) is 17.9. The highest BCUT2D eigenvalue weighted by molar-refractivity contribution is 5.99. The summed E-state index contributed by atoms with van der Waals surface area (Å²) in [7, 11) is 0. The maximum absolute atomic E-state index is 6.02. The third kappa shape index (κ3) is 3.49. The highest BCUT2D eigenvalue weighted by atomic mass is 16.5. The molecule has 28 heavy (non-hydrogen) atoms. The number of ether oxygens (including phenoxy) is 2. The molecule has 2 heterocycles. The highest BCUT2D eigenvalue weighted by Gasteiger charge is 2.39. The summed E-state index contributed by atoms with van der Waals surface area (Å²) in [4.78, 5) is 9.82. The van der Waals surface area contributed by atoms with Crippen LogP contribution in [0.2, 0.25) is 0 Å². The van der Waals surface area contributed by atoms with Crippen molar-refractivity contribution in [2.45, 2.75) is 53.6 Å². The molecule has 2 aliphatic heterocycles. The molecule has 0 spiro atoms. The molecule has 4 aliphatic rings. The number of aliphatic imine (C=N–C) groups is 2. The molecule has 4 nitrogen and oxygen atoms in total. The minimum Gasteiger partial charge on any atom is -0.475 e. The second-order valence-corrected chi connectivity index (χ2v) is 10.3. The first kappa shape index (κ1) is 19.2. The fraction of sp³-hybridized carbons (Fsp3) is 0.583. The standard InChI is InChI=1S/C24H32N2O2/c1-23(2,3)19-13-27-21(25-19)17-11-7-9-15(17)16-10-8-12-18(16)22-26-20(14-28-22)24(4,5)6/h7-12,15-16,19-20H,13-14H2,1-6H3/t15?,16?,19-,20-/m1/s1. The van der Waals surface area contributed by atoms with E-state index < -0.39 is 0 Å². The molecule has 0 saturated carbocycles. The fourth-order valence-electron chi connectivity index (χ4n) is 3.99. The molecule has 0 amide bonds. The second kappa shape index (κ2) is 6.75. The van der Waals surface area contributed by atoms with Gasteiger partial charge in [0, 0.05) is 23.0 Å². The first-order valence-electron chi connectivity index (χ1n) is 10.3. The molecule has 2 unspecified atom stereocenters. The molecule has 0 aromatic heterocycles. The van der Waals surface area contributed by atoms with E-state index in [1.54, 1.807) is 0 Å². The normalized spacial score (nSPS) is 32.1. The molecule has 0 aromatic rings. The Labute approximate surface area is 168 Å². The summed E-state index contributed by atoms with van der Waals surface area (Å²) < 4.78 is 12.0. The Balaban J connectivity index is 1.55. The maximum atomic E-state index is 6.02. The first-order valence-corrected chi connectivity index (χ1v) is 10.3. The predicted molar refractivity (Wildman–Crippen MR) is 115 cm³/mol. The molecule has 4 rings (SSSR count). The molecular weight excluding hydrogens is 348 g/mol. The molecule has 0 aromatic carbocycles. The van der Waals surface area contributed by atoms with E-state index in [4.69, 9.17) is 19.5 Å². The third-order valence-corrected chi connectivity index (χ3v) is 6.09. The van der Waals surface area contributed by atoms with Crippen molar-refractivity contribution in [1.29, 1.82) is 0 Å². The van der Waals surface area contributed by atoms with Gasteiger partial charge in [0.15, 0.2) is 0 Å². The minimum absolute atomic E-state index is 0.108. The number of hydrogen-bond donors (Lipinski definition) is 0. The summed E-state index contributed by atoms with van der Waals surface area (Å²) in [5, 5.41) is 0. The van der Waals surface area contributed by atoms with Crippen LogP contribution in [0.4, 0.5) is 0 Å². The van der Waals surface area contributed by atoms with Crippen LogP contribution >= 0.6 is 0 Å². The average Bonchev–Trinajstić information content (AvgIpc) is 3.37. The molecule has 2 aliphatic carbocycles. The van der Waals surface area contributed by atoms with Gasteiger partial charge < -0.3 is 9.47 Å². The lowest BCUT2D eigenvalue weighted by Crippen LogP contribution is -2.25. The Morgan fingerprint density at radius 3 is 1.43 bits per heavy atom. The third-order valence-electron chi connectivity index (χ3n) is 6.09. The smallest absolute Gasteiger partial charge is 0.213 e. The van der Waals surface area contributed by atoms with Crippen molar-refractivity contribution >= 4 is 11.8 Å². The van der Waals surface area contributed by atoms with Crippen LogP contribution in [0.15, 0.2) is 57.6 Å². The molecule has 4 heteroatoms. The summed E-state index contributed by atoms with van der Waals surface area (Å²) in [5.41, 5.74) is 2.55. The van der Waals surface area contributed by atoms with Crippen molar-refractivity contribution in [3.8, 4) is 0 Å². The van der Waals surface area contributed by atoms with E-state index in [0.717, 1.165) is 11.8 Å². The van der Waals surface area contributed by atoms with E-state index in [1.807, 2.05) is 0 Å². The van der Waals surface area contributed by atoms with Crippen molar-refractivity contribution < 1.29 is 9.47 Å². The SMILES string of the molecule is CC(C)(C)[C@H]1COC(C2=CC=CC2C2C=CC=C2C2=N[C@@H](C(C)(C)C)CO2)=N1. The van der Waals surface area contributed by atoms with Gasteiger partial charge in [0.2, 0.25) is 11.8 Å². The van der Waals surface area contributed by atoms with Gasteiger partial charge >= 0.3 is 0 Å². The summed E-state index contributed by atoms with van der Waals surface area (Å²) >= 11 is 0. The number of rotatable bonds is 3. The monoisotopic (exact) mass is 380 g/mol. The van der Waals surface area contributed by atoms with Gasteiger partial charge in [-0.05, 0) is 10.8 Å². The van der Waals surface area contributed by atoms with Crippen LogP contribution < -0.4 is 0 Å². The first-order chi connectivity index (χ1) is 13.1.